The Hall–Kier alpha value is -2.72. The Morgan fingerprint density at radius 1 is 1.44 bits per heavy atom. The summed E-state index contributed by atoms with van der Waals surface area (Å²) in [4.78, 5) is 33.7. The molecular weight excluding hydrogens is 360 g/mol. The lowest BCUT2D eigenvalue weighted by Gasteiger charge is -2.39. The van der Waals surface area contributed by atoms with Crippen molar-refractivity contribution in [3.8, 4) is 0 Å². The lowest BCUT2D eigenvalue weighted by molar-refractivity contribution is -0.125. The number of urea groups is 1. The zero-order valence-corrected chi connectivity index (χ0v) is 15.2. The molecule has 0 spiro atoms. The van der Waals surface area contributed by atoms with Crippen LogP contribution in [0.1, 0.15) is 32.1 Å². The van der Waals surface area contributed by atoms with Crippen LogP contribution >= 0.6 is 0 Å². The number of hydrogen-bond donors (Lipinski definition) is 3. The first-order valence-corrected chi connectivity index (χ1v) is 8.74. The van der Waals surface area contributed by atoms with E-state index in [1.165, 1.54) is 12.4 Å². The summed E-state index contributed by atoms with van der Waals surface area (Å²) in [5, 5.41) is 8.07. The summed E-state index contributed by atoms with van der Waals surface area (Å²) in [6.07, 6.45) is 3.95. The Kier molecular flexibility index (Phi) is 5.29. The molecule has 1 unspecified atom stereocenters. The molecule has 2 aliphatic heterocycles. The van der Waals surface area contributed by atoms with E-state index in [0.717, 1.165) is 4.57 Å². The Bertz CT molecular complexity index is 743. The number of rotatable bonds is 4. The van der Waals surface area contributed by atoms with Crippen LogP contribution in [-0.4, -0.2) is 58.0 Å². The maximum Gasteiger partial charge on any atom is 0.322 e. The van der Waals surface area contributed by atoms with E-state index < -0.39 is 18.1 Å². The van der Waals surface area contributed by atoms with Gasteiger partial charge in [-0.25, -0.2) is 9.78 Å². The van der Waals surface area contributed by atoms with Gasteiger partial charge in [-0.05, 0) is 25.7 Å². The van der Waals surface area contributed by atoms with E-state index in [-0.39, 0.29) is 24.2 Å². The molecule has 1 atom stereocenters. The molecule has 2 saturated heterocycles. The molecule has 0 aliphatic carbocycles. The van der Waals surface area contributed by atoms with Crippen LogP contribution in [0.4, 0.5) is 13.6 Å². The number of aromatic nitrogens is 2. The summed E-state index contributed by atoms with van der Waals surface area (Å²) in [5.41, 5.74) is -0.901. The van der Waals surface area contributed by atoms with Crippen molar-refractivity contribution in [2.24, 2.45) is 10.9 Å². The normalized spacial score (nSPS) is 24.3. The molecule has 1 aromatic heterocycles. The molecular formula is C16H23F2N7O2. The molecule has 11 heteroatoms. The maximum atomic E-state index is 12.9. The monoisotopic (exact) mass is 383 g/mol. The fourth-order valence-electron chi connectivity index (χ4n) is 3.66. The van der Waals surface area contributed by atoms with Gasteiger partial charge < -0.3 is 15.5 Å². The van der Waals surface area contributed by atoms with Crippen LogP contribution in [-0.2, 0) is 11.3 Å². The average molecular weight is 383 g/mol. The second kappa shape index (κ2) is 7.49. The SMILES string of the molecule is CN=C(NCc1nccn1C(F)F)N1CCC(C2(C)NC(=O)NC2=O)CC1. The van der Waals surface area contributed by atoms with Gasteiger partial charge in [-0.1, -0.05) is 0 Å². The third-order valence-electron chi connectivity index (χ3n) is 5.26. The summed E-state index contributed by atoms with van der Waals surface area (Å²) in [7, 11) is 1.62. The van der Waals surface area contributed by atoms with Crippen LogP contribution in [0, 0.1) is 5.92 Å². The predicted molar refractivity (Wildman–Crippen MR) is 93.1 cm³/mol. The van der Waals surface area contributed by atoms with E-state index in [9.17, 15) is 18.4 Å². The molecule has 2 aliphatic rings. The Morgan fingerprint density at radius 2 is 2.15 bits per heavy atom. The van der Waals surface area contributed by atoms with Gasteiger partial charge in [0.05, 0.1) is 6.54 Å². The van der Waals surface area contributed by atoms with E-state index in [2.05, 4.69) is 25.9 Å². The quantitative estimate of drug-likeness (QED) is 0.403. The Morgan fingerprint density at radius 3 is 2.70 bits per heavy atom. The first-order valence-electron chi connectivity index (χ1n) is 8.74. The number of hydrogen-bond acceptors (Lipinski definition) is 4. The van der Waals surface area contributed by atoms with Crippen molar-refractivity contribution in [1.82, 2.24) is 30.4 Å². The fourth-order valence-corrected chi connectivity index (χ4v) is 3.66. The van der Waals surface area contributed by atoms with Crippen LogP contribution in [0.25, 0.3) is 0 Å². The molecule has 3 amide bonds. The number of nitrogens with one attached hydrogen (secondary N) is 3. The van der Waals surface area contributed by atoms with Gasteiger partial charge in [0.15, 0.2) is 5.96 Å². The molecule has 148 valence electrons. The second-order valence-electron chi connectivity index (χ2n) is 6.80. The molecule has 3 rings (SSSR count). The highest BCUT2D eigenvalue weighted by molar-refractivity contribution is 6.07. The third kappa shape index (κ3) is 3.71. The molecule has 3 N–H and O–H groups in total. The van der Waals surface area contributed by atoms with Crippen molar-refractivity contribution in [2.45, 2.75) is 38.4 Å². The van der Waals surface area contributed by atoms with Gasteiger partial charge in [0.25, 0.3) is 5.91 Å². The van der Waals surface area contributed by atoms with E-state index in [1.807, 2.05) is 4.90 Å². The number of alkyl halides is 2. The number of carbonyl (C=O) groups excluding carboxylic acids is 2. The minimum absolute atomic E-state index is 0.0102. The van der Waals surface area contributed by atoms with Crippen molar-refractivity contribution >= 4 is 17.9 Å². The molecule has 9 nitrogen and oxygen atoms in total. The van der Waals surface area contributed by atoms with Gasteiger partial charge in [-0.2, -0.15) is 8.78 Å². The lowest BCUT2D eigenvalue weighted by Crippen LogP contribution is -2.55. The molecule has 0 bridgehead atoms. The molecule has 0 saturated carbocycles. The summed E-state index contributed by atoms with van der Waals surface area (Å²) in [6, 6.07) is -0.461. The zero-order chi connectivity index (χ0) is 19.6. The number of piperidine rings is 1. The molecule has 27 heavy (non-hydrogen) atoms. The minimum atomic E-state index is -2.64. The highest BCUT2D eigenvalue weighted by Crippen LogP contribution is 2.30. The van der Waals surface area contributed by atoms with E-state index in [1.54, 1.807) is 14.0 Å². The number of guanidine groups is 1. The largest absolute Gasteiger partial charge is 0.349 e. The Balaban J connectivity index is 1.57. The summed E-state index contributed by atoms with van der Waals surface area (Å²) >= 11 is 0. The third-order valence-corrected chi connectivity index (χ3v) is 5.26. The molecule has 2 fully saturated rings. The van der Waals surface area contributed by atoms with Gasteiger partial charge in [0.1, 0.15) is 11.4 Å². The van der Waals surface area contributed by atoms with Gasteiger partial charge in [0.2, 0.25) is 0 Å². The first-order chi connectivity index (χ1) is 12.8. The summed E-state index contributed by atoms with van der Waals surface area (Å²) in [5.74, 6) is 0.518. The van der Waals surface area contributed by atoms with Crippen molar-refractivity contribution < 1.29 is 18.4 Å². The van der Waals surface area contributed by atoms with Gasteiger partial charge in [-0.15, -0.1) is 0 Å². The maximum absolute atomic E-state index is 12.9. The molecule has 1 aromatic rings. The highest BCUT2D eigenvalue weighted by atomic mass is 19.3. The van der Waals surface area contributed by atoms with Crippen molar-refractivity contribution in [3.05, 3.63) is 18.2 Å². The van der Waals surface area contributed by atoms with Crippen molar-refractivity contribution in [1.29, 1.82) is 0 Å². The van der Waals surface area contributed by atoms with Crippen molar-refractivity contribution in [3.63, 3.8) is 0 Å². The van der Waals surface area contributed by atoms with Crippen LogP contribution in [0.2, 0.25) is 0 Å². The lowest BCUT2D eigenvalue weighted by atomic mass is 9.79. The number of aliphatic imine (C=N–C) groups is 1. The van der Waals surface area contributed by atoms with Gasteiger partial charge in [-0.3, -0.25) is 19.7 Å². The van der Waals surface area contributed by atoms with Crippen LogP contribution in [0.15, 0.2) is 17.4 Å². The van der Waals surface area contributed by atoms with E-state index >= 15 is 0 Å². The standard InChI is InChI=1S/C16H23F2N7O2/c1-16(12(26)22-15(27)23-16)10-3-6-24(7-4-10)14(19-2)21-9-11-20-5-8-25(11)13(17)18/h5,8,10,13H,3-4,6-7,9H2,1-2H3,(H,19,21)(H2,22,23,26,27). The van der Waals surface area contributed by atoms with Crippen LogP contribution in [0.3, 0.4) is 0 Å². The number of nitrogens with zero attached hydrogens (tertiary/aromatic N) is 4. The van der Waals surface area contributed by atoms with Crippen molar-refractivity contribution in [2.75, 3.05) is 20.1 Å². The summed E-state index contributed by atoms with van der Waals surface area (Å²) in [6.45, 7) is 0.486. The first kappa shape index (κ1) is 19.1. The number of halogens is 2. The highest BCUT2D eigenvalue weighted by Gasteiger charge is 2.48. The fraction of sp³-hybridized carbons (Fsp3) is 0.625. The number of imide groups is 1. The smallest absolute Gasteiger partial charge is 0.322 e. The number of imidazole rings is 1. The molecule has 3 heterocycles. The van der Waals surface area contributed by atoms with Crippen LogP contribution < -0.4 is 16.0 Å². The predicted octanol–water partition coefficient (Wildman–Crippen LogP) is 0.664. The number of amides is 3. The van der Waals surface area contributed by atoms with Gasteiger partial charge >= 0.3 is 12.6 Å². The minimum Gasteiger partial charge on any atom is -0.349 e. The summed E-state index contributed by atoms with van der Waals surface area (Å²) < 4.78 is 26.6. The molecule has 0 radical (unpaired) electrons. The zero-order valence-electron chi connectivity index (χ0n) is 15.2. The average Bonchev–Trinajstić information content (AvgIpc) is 3.21. The Labute approximate surface area is 155 Å². The van der Waals surface area contributed by atoms with Crippen LogP contribution in [0.5, 0.6) is 0 Å². The number of carbonyl (C=O) groups is 2. The second-order valence-corrected chi connectivity index (χ2v) is 6.80. The topological polar surface area (TPSA) is 104 Å². The number of likely N-dealkylation sites (tertiary alicyclic amines) is 1. The van der Waals surface area contributed by atoms with E-state index in [0.29, 0.717) is 31.9 Å². The van der Waals surface area contributed by atoms with Gasteiger partial charge in [0, 0.05) is 32.5 Å². The molecule has 0 aromatic carbocycles. The van der Waals surface area contributed by atoms with E-state index in [4.69, 9.17) is 0 Å².